The molecule has 1 amide bonds. The molecular formula is C19H21FN2O4S. The molecule has 0 aromatic heterocycles. The molecule has 0 unspecified atom stereocenters. The number of carbonyl (C=O) groups is 1. The second-order valence-corrected chi connectivity index (χ2v) is 8.44. The second kappa shape index (κ2) is 8.16. The van der Waals surface area contributed by atoms with Crippen LogP contribution in [0.1, 0.15) is 18.4 Å². The number of benzene rings is 2. The fourth-order valence-corrected chi connectivity index (χ4v) is 4.65. The Bertz CT molecular complexity index is 916. The first-order chi connectivity index (χ1) is 12.9. The van der Waals surface area contributed by atoms with Crippen LogP contribution in [0.25, 0.3) is 0 Å². The van der Waals surface area contributed by atoms with E-state index in [0.717, 1.165) is 12.1 Å². The summed E-state index contributed by atoms with van der Waals surface area (Å²) in [5.41, 5.74) is 1.24. The molecule has 0 radical (unpaired) electrons. The zero-order valence-electron chi connectivity index (χ0n) is 14.6. The highest BCUT2D eigenvalue weighted by atomic mass is 32.2. The van der Waals surface area contributed by atoms with Crippen molar-refractivity contribution < 1.29 is 22.7 Å². The lowest BCUT2D eigenvalue weighted by molar-refractivity contribution is -0.120. The topological polar surface area (TPSA) is 86.7 Å². The van der Waals surface area contributed by atoms with Crippen LogP contribution in [-0.2, 0) is 21.4 Å². The average Bonchev–Trinajstić information content (AvgIpc) is 2.68. The summed E-state index contributed by atoms with van der Waals surface area (Å²) in [4.78, 5) is 12.6. The number of halogens is 1. The van der Waals surface area contributed by atoms with Crippen LogP contribution < -0.4 is 5.32 Å². The maximum atomic E-state index is 13.1. The lowest BCUT2D eigenvalue weighted by Crippen LogP contribution is -2.43. The number of amides is 1. The number of hydrogen-bond acceptors (Lipinski definition) is 4. The third kappa shape index (κ3) is 4.52. The van der Waals surface area contributed by atoms with Gasteiger partial charge in [-0.1, -0.05) is 12.1 Å². The van der Waals surface area contributed by atoms with Gasteiger partial charge >= 0.3 is 0 Å². The molecule has 27 heavy (non-hydrogen) atoms. The number of carbonyl (C=O) groups excluding carboxylic acids is 1. The summed E-state index contributed by atoms with van der Waals surface area (Å²) >= 11 is 0. The van der Waals surface area contributed by atoms with E-state index in [9.17, 15) is 22.7 Å². The van der Waals surface area contributed by atoms with Gasteiger partial charge in [-0.05, 0) is 54.8 Å². The first kappa shape index (κ1) is 19.5. The summed E-state index contributed by atoms with van der Waals surface area (Å²) in [6.07, 6.45) is 1.15. The Balaban J connectivity index is 1.71. The van der Waals surface area contributed by atoms with Gasteiger partial charge in [0.15, 0.2) is 0 Å². The number of piperidine rings is 1. The predicted octanol–water partition coefficient (Wildman–Crippen LogP) is 2.36. The molecule has 1 aliphatic heterocycles. The zero-order chi connectivity index (χ0) is 19.4. The van der Waals surface area contributed by atoms with E-state index in [1.54, 1.807) is 24.3 Å². The molecule has 6 nitrogen and oxygen atoms in total. The van der Waals surface area contributed by atoms with E-state index >= 15 is 0 Å². The molecule has 1 fully saturated rings. The van der Waals surface area contributed by atoms with Crippen molar-refractivity contribution in [1.29, 1.82) is 0 Å². The monoisotopic (exact) mass is 392 g/mol. The van der Waals surface area contributed by atoms with Gasteiger partial charge in [-0.3, -0.25) is 4.79 Å². The Morgan fingerprint density at radius 2 is 1.96 bits per heavy atom. The first-order valence-corrected chi connectivity index (χ1v) is 10.1. The molecule has 2 aromatic rings. The minimum absolute atomic E-state index is 0.0144. The third-order valence-electron chi connectivity index (χ3n) is 4.58. The van der Waals surface area contributed by atoms with Crippen molar-refractivity contribution in [2.24, 2.45) is 5.92 Å². The molecule has 0 spiro atoms. The van der Waals surface area contributed by atoms with E-state index in [1.807, 2.05) is 0 Å². The van der Waals surface area contributed by atoms with Crippen LogP contribution in [0.3, 0.4) is 0 Å². The van der Waals surface area contributed by atoms with E-state index in [1.165, 1.54) is 16.4 Å². The maximum Gasteiger partial charge on any atom is 0.243 e. The number of anilines is 1. The van der Waals surface area contributed by atoms with Crippen LogP contribution in [0.5, 0.6) is 0 Å². The maximum absolute atomic E-state index is 13.1. The van der Waals surface area contributed by atoms with Crippen LogP contribution in [0.15, 0.2) is 53.4 Å². The van der Waals surface area contributed by atoms with Gasteiger partial charge in [0.2, 0.25) is 15.9 Å². The van der Waals surface area contributed by atoms with Gasteiger partial charge < -0.3 is 10.4 Å². The molecule has 1 atom stereocenters. The summed E-state index contributed by atoms with van der Waals surface area (Å²) < 4.78 is 39.8. The molecule has 0 saturated carbocycles. The lowest BCUT2D eigenvalue weighted by atomic mass is 9.98. The quantitative estimate of drug-likeness (QED) is 0.818. The van der Waals surface area contributed by atoms with E-state index in [2.05, 4.69) is 5.32 Å². The highest BCUT2D eigenvalue weighted by Crippen LogP contribution is 2.25. The van der Waals surface area contributed by atoms with Gasteiger partial charge in [-0.2, -0.15) is 4.31 Å². The normalized spacial score (nSPS) is 18.2. The highest BCUT2D eigenvalue weighted by molar-refractivity contribution is 7.89. The molecule has 0 bridgehead atoms. The Kier molecular flexibility index (Phi) is 5.88. The molecule has 1 aliphatic rings. The van der Waals surface area contributed by atoms with Crippen LogP contribution in [0.2, 0.25) is 0 Å². The fourth-order valence-electron chi connectivity index (χ4n) is 3.12. The van der Waals surface area contributed by atoms with Crippen molar-refractivity contribution in [1.82, 2.24) is 4.31 Å². The Morgan fingerprint density at radius 1 is 1.22 bits per heavy atom. The summed E-state index contributed by atoms with van der Waals surface area (Å²) in [6.45, 7) is 0.269. The minimum atomic E-state index is -3.78. The second-order valence-electron chi connectivity index (χ2n) is 6.50. The van der Waals surface area contributed by atoms with Crippen molar-refractivity contribution in [3.63, 3.8) is 0 Å². The van der Waals surface area contributed by atoms with E-state index in [-0.39, 0.29) is 24.0 Å². The molecule has 144 valence electrons. The summed E-state index contributed by atoms with van der Waals surface area (Å²) in [5, 5.41) is 12.0. The van der Waals surface area contributed by atoms with Crippen molar-refractivity contribution in [3.05, 3.63) is 59.9 Å². The van der Waals surface area contributed by atoms with E-state index < -0.39 is 21.8 Å². The predicted molar refractivity (Wildman–Crippen MR) is 98.9 cm³/mol. The highest BCUT2D eigenvalue weighted by Gasteiger charge is 2.33. The van der Waals surface area contributed by atoms with Gasteiger partial charge in [0.05, 0.1) is 17.4 Å². The summed E-state index contributed by atoms with van der Waals surface area (Å²) in [7, 11) is -3.78. The minimum Gasteiger partial charge on any atom is -0.392 e. The Morgan fingerprint density at radius 3 is 2.67 bits per heavy atom. The molecular weight excluding hydrogens is 371 g/mol. The van der Waals surface area contributed by atoms with E-state index in [0.29, 0.717) is 30.6 Å². The standard InChI is InChI=1S/C19H21FN2O4S/c20-16-6-8-18(9-7-16)27(25,26)22-10-2-4-15(12-22)19(24)21-17-5-1-3-14(11-17)13-23/h1,3,5-9,11,15,23H,2,4,10,12-13H2,(H,21,24)/t15-/m1/s1. The van der Waals surface area contributed by atoms with Gasteiger partial charge in [0.1, 0.15) is 5.82 Å². The molecule has 1 heterocycles. The fraction of sp³-hybridized carbons (Fsp3) is 0.316. The SMILES string of the molecule is O=C(Nc1cccc(CO)c1)[C@@H]1CCCN(S(=O)(=O)c2ccc(F)cc2)C1. The van der Waals surface area contributed by atoms with Crippen molar-refractivity contribution in [3.8, 4) is 0 Å². The van der Waals surface area contributed by atoms with Crippen LogP contribution in [0, 0.1) is 11.7 Å². The molecule has 8 heteroatoms. The van der Waals surface area contributed by atoms with Crippen molar-refractivity contribution in [2.75, 3.05) is 18.4 Å². The Hall–Kier alpha value is -2.29. The number of hydrogen-bond donors (Lipinski definition) is 2. The lowest BCUT2D eigenvalue weighted by Gasteiger charge is -2.31. The van der Waals surface area contributed by atoms with Gasteiger partial charge in [-0.25, -0.2) is 12.8 Å². The average molecular weight is 392 g/mol. The van der Waals surface area contributed by atoms with E-state index in [4.69, 9.17) is 0 Å². The van der Waals surface area contributed by atoms with Crippen molar-refractivity contribution >= 4 is 21.6 Å². The molecule has 2 aromatic carbocycles. The number of aliphatic hydroxyl groups excluding tert-OH is 1. The molecule has 0 aliphatic carbocycles. The largest absolute Gasteiger partial charge is 0.392 e. The van der Waals surface area contributed by atoms with Crippen LogP contribution in [-0.4, -0.2) is 36.8 Å². The van der Waals surface area contributed by atoms with Gasteiger partial charge in [0.25, 0.3) is 0 Å². The number of nitrogens with one attached hydrogen (secondary N) is 1. The number of nitrogens with zero attached hydrogens (tertiary/aromatic N) is 1. The van der Waals surface area contributed by atoms with Crippen molar-refractivity contribution in [2.45, 2.75) is 24.3 Å². The molecule has 1 saturated heterocycles. The van der Waals surface area contributed by atoms with Crippen LogP contribution >= 0.6 is 0 Å². The van der Waals surface area contributed by atoms with Crippen LogP contribution in [0.4, 0.5) is 10.1 Å². The summed E-state index contributed by atoms with van der Waals surface area (Å²) in [5.74, 6) is -1.24. The summed E-state index contributed by atoms with van der Waals surface area (Å²) in [6, 6.07) is 11.5. The smallest absolute Gasteiger partial charge is 0.243 e. The number of rotatable bonds is 5. The molecule has 2 N–H and O–H groups in total. The van der Waals surface area contributed by atoms with Gasteiger partial charge in [0, 0.05) is 18.8 Å². The number of sulfonamides is 1. The zero-order valence-corrected chi connectivity index (χ0v) is 15.5. The first-order valence-electron chi connectivity index (χ1n) is 8.66. The van der Waals surface area contributed by atoms with Gasteiger partial charge in [-0.15, -0.1) is 0 Å². The third-order valence-corrected chi connectivity index (χ3v) is 6.46. The number of aliphatic hydroxyl groups is 1. The Labute approximate surface area is 157 Å². The molecule has 3 rings (SSSR count).